The van der Waals surface area contributed by atoms with Gasteiger partial charge in [-0.15, -0.1) is 0 Å². The van der Waals surface area contributed by atoms with Crippen molar-refractivity contribution >= 4 is 17.6 Å². The van der Waals surface area contributed by atoms with Gasteiger partial charge < -0.3 is 20.0 Å². The third-order valence-electron chi connectivity index (χ3n) is 3.58. The molecule has 2 rings (SSSR count). The normalized spacial score (nSPS) is 10.2. The average Bonchev–Trinajstić information content (AvgIpc) is 2.48. The first-order valence-electron chi connectivity index (χ1n) is 7.20. The number of anilines is 1. The number of ether oxygens (including phenoxy) is 1. The van der Waals surface area contributed by atoms with E-state index in [0.29, 0.717) is 17.0 Å². The van der Waals surface area contributed by atoms with Crippen LogP contribution in [0.15, 0.2) is 36.4 Å². The van der Waals surface area contributed by atoms with Gasteiger partial charge in [-0.25, -0.2) is 0 Å². The van der Waals surface area contributed by atoms with Crippen LogP contribution in [0.3, 0.4) is 0 Å². The van der Waals surface area contributed by atoms with Crippen molar-refractivity contribution in [2.45, 2.75) is 20.8 Å². The number of aryl methyl sites for hydroxylation is 2. The molecule has 0 unspecified atom stereocenters. The molecular formula is C18H18NO4-. The fraction of sp³-hybridized carbons (Fsp3) is 0.222. The van der Waals surface area contributed by atoms with Crippen molar-refractivity contribution in [2.75, 3.05) is 11.9 Å². The highest BCUT2D eigenvalue weighted by Gasteiger charge is 2.10. The van der Waals surface area contributed by atoms with Crippen LogP contribution in [0, 0.1) is 20.8 Å². The van der Waals surface area contributed by atoms with Gasteiger partial charge in [0.15, 0.2) is 6.61 Å². The summed E-state index contributed by atoms with van der Waals surface area (Å²) in [6, 6.07) is 10.4. The number of benzene rings is 2. The van der Waals surface area contributed by atoms with Crippen molar-refractivity contribution in [3.05, 3.63) is 58.7 Å². The molecular weight excluding hydrogens is 294 g/mol. The molecule has 0 heterocycles. The van der Waals surface area contributed by atoms with Crippen LogP contribution in [0.1, 0.15) is 27.0 Å². The first kappa shape index (κ1) is 16.5. The number of aromatic carboxylic acids is 1. The molecule has 23 heavy (non-hydrogen) atoms. The lowest BCUT2D eigenvalue weighted by Gasteiger charge is -2.14. The lowest BCUT2D eigenvalue weighted by Crippen LogP contribution is -2.25. The second-order valence-electron chi connectivity index (χ2n) is 5.32. The molecule has 5 heteroatoms. The summed E-state index contributed by atoms with van der Waals surface area (Å²) in [5, 5.41) is 13.7. The molecule has 2 aromatic rings. The van der Waals surface area contributed by atoms with Crippen LogP contribution >= 0.6 is 0 Å². The maximum absolute atomic E-state index is 12.0. The van der Waals surface area contributed by atoms with Gasteiger partial charge in [-0.2, -0.15) is 0 Å². The predicted octanol–water partition coefficient (Wildman–Crippen LogP) is 1.99. The minimum absolute atomic E-state index is 0.0541. The number of para-hydroxylation sites is 1. The molecule has 0 aliphatic heterocycles. The Labute approximate surface area is 134 Å². The van der Waals surface area contributed by atoms with Gasteiger partial charge in [0.05, 0.1) is 5.97 Å². The number of carbonyl (C=O) groups is 2. The van der Waals surface area contributed by atoms with Gasteiger partial charge in [0.25, 0.3) is 5.91 Å². The van der Waals surface area contributed by atoms with Crippen LogP contribution in [-0.2, 0) is 4.79 Å². The molecule has 5 nitrogen and oxygen atoms in total. The molecule has 0 aliphatic carbocycles. The van der Waals surface area contributed by atoms with Crippen molar-refractivity contribution in [3.8, 4) is 5.75 Å². The number of amides is 1. The number of nitrogens with one attached hydrogen (secondary N) is 1. The molecule has 120 valence electrons. The van der Waals surface area contributed by atoms with Gasteiger partial charge in [0.2, 0.25) is 0 Å². The third kappa shape index (κ3) is 3.88. The Hall–Kier alpha value is -2.82. The number of hydrogen-bond acceptors (Lipinski definition) is 4. The molecule has 0 atom stereocenters. The molecule has 0 aromatic heterocycles. The first-order chi connectivity index (χ1) is 10.9. The summed E-state index contributed by atoms with van der Waals surface area (Å²) in [7, 11) is 0. The van der Waals surface area contributed by atoms with Crippen LogP contribution in [-0.4, -0.2) is 18.5 Å². The second-order valence-corrected chi connectivity index (χ2v) is 5.32. The second kappa shape index (κ2) is 6.96. The van der Waals surface area contributed by atoms with E-state index in [2.05, 4.69) is 5.32 Å². The summed E-state index contributed by atoms with van der Waals surface area (Å²) in [6.45, 7) is 5.29. The summed E-state index contributed by atoms with van der Waals surface area (Å²) in [4.78, 5) is 23.0. The molecule has 1 amide bonds. The quantitative estimate of drug-likeness (QED) is 0.916. The van der Waals surface area contributed by atoms with Crippen molar-refractivity contribution in [1.29, 1.82) is 0 Å². The molecule has 0 saturated heterocycles. The number of carboxylic acid groups (broad SMARTS) is 1. The molecule has 0 radical (unpaired) electrons. The Morgan fingerprint density at radius 2 is 1.65 bits per heavy atom. The first-order valence-corrected chi connectivity index (χ1v) is 7.20. The average molecular weight is 312 g/mol. The van der Waals surface area contributed by atoms with Crippen molar-refractivity contribution in [2.24, 2.45) is 0 Å². The fourth-order valence-corrected chi connectivity index (χ4v) is 2.34. The van der Waals surface area contributed by atoms with Crippen LogP contribution in [0.2, 0.25) is 0 Å². The van der Waals surface area contributed by atoms with E-state index >= 15 is 0 Å². The molecule has 1 N–H and O–H groups in total. The van der Waals surface area contributed by atoms with Crippen molar-refractivity contribution in [1.82, 2.24) is 0 Å². The predicted molar refractivity (Wildman–Crippen MR) is 85.6 cm³/mol. The van der Waals surface area contributed by atoms with Gasteiger partial charge in [0.1, 0.15) is 5.75 Å². The molecule has 0 bridgehead atoms. The Balaban J connectivity index is 2.06. The van der Waals surface area contributed by atoms with Crippen LogP contribution < -0.4 is 15.2 Å². The lowest BCUT2D eigenvalue weighted by atomic mass is 10.1. The van der Waals surface area contributed by atoms with Crippen molar-refractivity contribution < 1.29 is 19.4 Å². The number of hydrogen-bond donors (Lipinski definition) is 1. The number of rotatable bonds is 5. The highest BCUT2D eigenvalue weighted by molar-refractivity contribution is 5.96. The Bertz CT molecular complexity index is 732. The van der Waals surface area contributed by atoms with E-state index < -0.39 is 5.97 Å². The standard InChI is InChI=1S/C18H19NO4/c1-11-6-4-7-12(2)17(11)23-10-16(20)19-15-9-5-8-14(13(15)3)18(21)22/h4-9H,10H2,1-3H3,(H,19,20)(H,21,22)/p-1. The molecule has 0 fully saturated rings. The van der Waals surface area contributed by atoms with Gasteiger partial charge in [-0.1, -0.05) is 30.3 Å². The van der Waals surface area contributed by atoms with Gasteiger partial charge in [0, 0.05) is 11.3 Å². The van der Waals surface area contributed by atoms with Crippen LogP contribution in [0.25, 0.3) is 0 Å². The zero-order valence-electron chi connectivity index (χ0n) is 13.3. The Kier molecular flexibility index (Phi) is 5.01. The minimum Gasteiger partial charge on any atom is -0.545 e. The topological polar surface area (TPSA) is 78.5 Å². The van der Waals surface area contributed by atoms with E-state index in [9.17, 15) is 14.7 Å². The highest BCUT2D eigenvalue weighted by atomic mass is 16.5. The maximum Gasteiger partial charge on any atom is 0.262 e. The van der Waals surface area contributed by atoms with E-state index in [-0.39, 0.29) is 18.1 Å². The van der Waals surface area contributed by atoms with E-state index in [1.165, 1.54) is 6.07 Å². The summed E-state index contributed by atoms with van der Waals surface area (Å²) in [5.41, 5.74) is 2.84. The van der Waals surface area contributed by atoms with Crippen molar-refractivity contribution in [3.63, 3.8) is 0 Å². The minimum atomic E-state index is -1.27. The lowest BCUT2D eigenvalue weighted by molar-refractivity contribution is -0.255. The van der Waals surface area contributed by atoms with Gasteiger partial charge in [-0.05, 0) is 43.5 Å². The van der Waals surface area contributed by atoms with Crippen LogP contribution in [0.4, 0.5) is 5.69 Å². The highest BCUT2D eigenvalue weighted by Crippen LogP contribution is 2.22. The van der Waals surface area contributed by atoms with Gasteiger partial charge >= 0.3 is 0 Å². The van der Waals surface area contributed by atoms with E-state index in [0.717, 1.165) is 11.1 Å². The number of carboxylic acids is 1. The zero-order chi connectivity index (χ0) is 17.0. The van der Waals surface area contributed by atoms with E-state index in [4.69, 9.17) is 4.74 Å². The van der Waals surface area contributed by atoms with Crippen LogP contribution in [0.5, 0.6) is 5.75 Å². The fourth-order valence-electron chi connectivity index (χ4n) is 2.34. The van der Waals surface area contributed by atoms with E-state index in [1.54, 1.807) is 19.1 Å². The van der Waals surface area contributed by atoms with E-state index in [1.807, 2.05) is 32.0 Å². The Morgan fingerprint density at radius 1 is 1.04 bits per heavy atom. The third-order valence-corrected chi connectivity index (χ3v) is 3.58. The van der Waals surface area contributed by atoms with Gasteiger partial charge in [-0.3, -0.25) is 4.79 Å². The summed E-state index contributed by atoms with van der Waals surface area (Å²) < 4.78 is 5.58. The zero-order valence-corrected chi connectivity index (χ0v) is 13.3. The SMILES string of the molecule is Cc1cccc(C)c1OCC(=O)Nc1cccc(C(=O)[O-])c1C. The number of carbonyl (C=O) groups excluding carboxylic acids is 2. The molecule has 2 aromatic carbocycles. The largest absolute Gasteiger partial charge is 0.545 e. The summed E-state index contributed by atoms with van der Waals surface area (Å²) >= 11 is 0. The summed E-state index contributed by atoms with van der Waals surface area (Å²) in [5.74, 6) is -0.945. The molecule has 0 saturated carbocycles. The Morgan fingerprint density at radius 3 is 2.26 bits per heavy atom. The maximum atomic E-state index is 12.0. The molecule has 0 aliphatic rings. The summed E-state index contributed by atoms with van der Waals surface area (Å²) in [6.07, 6.45) is 0. The molecule has 0 spiro atoms. The smallest absolute Gasteiger partial charge is 0.262 e. The monoisotopic (exact) mass is 312 g/mol.